The monoisotopic (exact) mass is 428 g/mol. The third-order valence-electron chi connectivity index (χ3n) is 3.43. The van der Waals surface area contributed by atoms with Crippen LogP contribution >= 0.6 is 23.2 Å². The van der Waals surface area contributed by atoms with Crippen LogP contribution < -0.4 is 10.1 Å². The molecule has 0 aliphatic rings. The van der Waals surface area contributed by atoms with Gasteiger partial charge in [-0.3, -0.25) is 4.79 Å². The van der Waals surface area contributed by atoms with Crippen molar-refractivity contribution in [1.29, 1.82) is 0 Å². The highest BCUT2D eigenvalue weighted by Gasteiger charge is 2.12. The minimum absolute atomic E-state index is 0.0708. The molecule has 0 aliphatic heterocycles. The number of anilines is 2. The van der Waals surface area contributed by atoms with Crippen molar-refractivity contribution in [3.05, 3.63) is 62.6 Å². The fourth-order valence-corrected chi connectivity index (χ4v) is 2.67. The largest absolute Gasteiger partial charge is 0.424 e. The summed E-state index contributed by atoms with van der Waals surface area (Å²) in [5.41, 5.74) is 1.05. The van der Waals surface area contributed by atoms with Gasteiger partial charge in [0, 0.05) is 13.0 Å². The van der Waals surface area contributed by atoms with Crippen LogP contribution in [-0.2, 0) is 14.4 Å². The summed E-state index contributed by atoms with van der Waals surface area (Å²) in [6.07, 6.45) is 0.528. The zero-order valence-corrected chi connectivity index (χ0v) is 16.2. The minimum Gasteiger partial charge on any atom is -0.424 e. The number of carbonyl (C=O) groups excluding carboxylic acids is 1. The number of nitrogens with zero attached hydrogens (tertiary/aromatic N) is 1. The second kappa shape index (κ2) is 11.3. The van der Waals surface area contributed by atoms with E-state index >= 15 is 0 Å². The van der Waals surface area contributed by atoms with Crippen molar-refractivity contribution in [2.75, 3.05) is 25.1 Å². The summed E-state index contributed by atoms with van der Waals surface area (Å²) in [5.74, 6) is -0.103. The molecule has 0 spiro atoms. The molecular formula is C18H18Cl2N2O6. The summed E-state index contributed by atoms with van der Waals surface area (Å²) in [7, 11) is 0. The molecule has 0 amide bonds. The molecule has 28 heavy (non-hydrogen) atoms. The third kappa shape index (κ3) is 7.22. The highest BCUT2D eigenvalue weighted by Crippen LogP contribution is 2.35. The first-order valence-electron chi connectivity index (χ1n) is 8.33. The molecule has 0 saturated heterocycles. The normalized spacial score (nSPS) is 10.4. The van der Waals surface area contributed by atoms with Crippen LogP contribution in [0.3, 0.4) is 0 Å². The van der Waals surface area contributed by atoms with Gasteiger partial charge in [-0.05, 0) is 30.7 Å². The lowest BCUT2D eigenvalue weighted by Gasteiger charge is -2.14. The Morgan fingerprint density at radius 1 is 1.04 bits per heavy atom. The van der Waals surface area contributed by atoms with Crippen LogP contribution in [0.5, 0.6) is 5.75 Å². The van der Waals surface area contributed by atoms with E-state index < -0.39 is 11.1 Å². The molecule has 0 bridgehead atoms. The van der Waals surface area contributed by atoms with Crippen molar-refractivity contribution >= 4 is 40.5 Å². The number of nitrogens with one attached hydrogen (secondary N) is 1. The number of hydrogen-bond donors (Lipinski definition) is 1. The molecule has 0 atom stereocenters. The summed E-state index contributed by atoms with van der Waals surface area (Å²) >= 11 is 12.3. The summed E-state index contributed by atoms with van der Waals surface area (Å²) in [4.78, 5) is 26.1. The molecule has 0 fully saturated rings. The fraction of sp³-hybridized carbons (Fsp3) is 0.278. The van der Waals surface area contributed by atoms with Crippen molar-refractivity contribution in [1.82, 2.24) is 0 Å². The molecule has 0 aliphatic carbocycles. The predicted octanol–water partition coefficient (Wildman–Crippen LogP) is 4.65. The molecule has 1 N–H and O–H groups in total. The SMILES string of the molecule is O=C(CCCOCCO[N+](=O)[O-])Oc1ccccc1Nc1c(Cl)cccc1Cl. The van der Waals surface area contributed by atoms with Crippen LogP contribution in [0, 0.1) is 10.1 Å². The minimum atomic E-state index is -0.887. The molecule has 0 radical (unpaired) electrons. The van der Waals surface area contributed by atoms with E-state index in [-0.39, 0.29) is 26.2 Å². The number of carbonyl (C=O) groups is 1. The Hall–Kier alpha value is -2.55. The number of esters is 1. The lowest BCUT2D eigenvalue weighted by atomic mass is 10.2. The molecule has 2 aromatic rings. The fourth-order valence-electron chi connectivity index (χ4n) is 2.18. The van der Waals surface area contributed by atoms with Gasteiger partial charge in [-0.2, -0.15) is 0 Å². The van der Waals surface area contributed by atoms with Crippen molar-refractivity contribution in [3.8, 4) is 5.75 Å². The maximum Gasteiger partial charge on any atom is 0.311 e. The third-order valence-corrected chi connectivity index (χ3v) is 4.06. The van der Waals surface area contributed by atoms with Crippen LogP contribution in [0.2, 0.25) is 10.0 Å². The first kappa shape index (κ1) is 21.7. The van der Waals surface area contributed by atoms with E-state index in [0.717, 1.165) is 0 Å². The second-order valence-electron chi connectivity index (χ2n) is 5.46. The van der Waals surface area contributed by atoms with E-state index in [1.807, 2.05) is 0 Å². The Kier molecular flexibility index (Phi) is 8.80. The maximum atomic E-state index is 12.1. The Morgan fingerprint density at radius 3 is 2.46 bits per heavy atom. The predicted molar refractivity (Wildman–Crippen MR) is 105 cm³/mol. The molecule has 0 heterocycles. The summed E-state index contributed by atoms with van der Waals surface area (Å²) < 4.78 is 10.5. The van der Waals surface area contributed by atoms with Gasteiger partial charge >= 0.3 is 5.97 Å². The average Bonchev–Trinajstić information content (AvgIpc) is 2.65. The van der Waals surface area contributed by atoms with Gasteiger partial charge in [-0.1, -0.05) is 41.4 Å². The van der Waals surface area contributed by atoms with Crippen LogP contribution in [0.15, 0.2) is 42.5 Å². The van der Waals surface area contributed by atoms with E-state index in [1.54, 1.807) is 42.5 Å². The van der Waals surface area contributed by atoms with Crippen LogP contribution in [0.1, 0.15) is 12.8 Å². The van der Waals surface area contributed by atoms with Crippen LogP contribution in [0.25, 0.3) is 0 Å². The molecule has 2 aromatic carbocycles. The summed E-state index contributed by atoms with van der Waals surface area (Å²) in [5, 5.41) is 13.0. The van der Waals surface area contributed by atoms with E-state index in [2.05, 4.69) is 10.2 Å². The average molecular weight is 429 g/mol. The first-order chi connectivity index (χ1) is 13.5. The molecule has 2 rings (SSSR count). The number of benzene rings is 2. The number of ether oxygens (including phenoxy) is 2. The maximum absolute atomic E-state index is 12.1. The van der Waals surface area contributed by atoms with Crippen molar-refractivity contribution in [2.24, 2.45) is 0 Å². The first-order valence-corrected chi connectivity index (χ1v) is 9.08. The van der Waals surface area contributed by atoms with Gasteiger partial charge in [-0.15, -0.1) is 10.1 Å². The van der Waals surface area contributed by atoms with Crippen molar-refractivity contribution in [2.45, 2.75) is 12.8 Å². The quantitative estimate of drug-likeness (QED) is 0.183. The van der Waals surface area contributed by atoms with Gasteiger partial charge in [0.1, 0.15) is 6.61 Å². The lowest BCUT2D eigenvalue weighted by Crippen LogP contribution is -2.12. The summed E-state index contributed by atoms with van der Waals surface area (Å²) in [6.45, 7) is 0.174. The number of hydrogen-bond acceptors (Lipinski definition) is 7. The molecule has 0 unspecified atom stereocenters. The number of para-hydroxylation sites is 3. The molecule has 10 heteroatoms. The Morgan fingerprint density at radius 2 is 1.75 bits per heavy atom. The Balaban J connectivity index is 1.84. The zero-order valence-electron chi connectivity index (χ0n) is 14.7. The van der Waals surface area contributed by atoms with E-state index in [9.17, 15) is 14.9 Å². The Bertz CT molecular complexity index is 798. The van der Waals surface area contributed by atoms with Crippen molar-refractivity contribution < 1.29 is 24.2 Å². The van der Waals surface area contributed by atoms with Gasteiger partial charge < -0.3 is 19.6 Å². The van der Waals surface area contributed by atoms with E-state index in [0.29, 0.717) is 33.6 Å². The Labute approximate surface area is 171 Å². The summed E-state index contributed by atoms with van der Waals surface area (Å²) in [6, 6.07) is 12.0. The molecule has 0 saturated carbocycles. The van der Waals surface area contributed by atoms with Crippen LogP contribution in [0.4, 0.5) is 11.4 Å². The lowest BCUT2D eigenvalue weighted by molar-refractivity contribution is -0.758. The van der Waals surface area contributed by atoms with Gasteiger partial charge in [-0.25, -0.2) is 0 Å². The molecule has 8 nitrogen and oxygen atoms in total. The van der Waals surface area contributed by atoms with Gasteiger partial charge in [0.05, 0.1) is 28.0 Å². The second-order valence-corrected chi connectivity index (χ2v) is 6.28. The highest BCUT2D eigenvalue weighted by atomic mass is 35.5. The molecule has 0 aromatic heterocycles. The molecule has 150 valence electrons. The van der Waals surface area contributed by atoms with Gasteiger partial charge in [0.2, 0.25) is 0 Å². The van der Waals surface area contributed by atoms with Gasteiger partial charge in [0.25, 0.3) is 5.09 Å². The van der Waals surface area contributed by atoms with Gasteiger partial charge in [0.15, 0.2) is 5.75 Å². The number of rotatable bonds is 11. The van der Waals surface area contributed by atoms with E-state index in [4.69, 9.17) is 32.7 Å². The van der Waals surface area contributed by atoms with E-state index in [1.165, 1.54) is 0 Å². The highest BCUT2D eigenvalue weighted by molar-refractivity contribution is 6.39. The van der Waals surface area contributed by atoms with Crippen LogP contribution in [-0.4, -0.2) is 30.9 Å². The molecular weight excluding hydrogens is 411 g/mol. The standard InChI is InChI=1S/C18H18Cl2N2O6/c19-13-5-3-6-14(20)18(13)21-15-7-1-2-8-16(15)28-17(23)9-4-10-26-11-12-27-22(24)25/h1-3,5-8,21H,4,9-12H2. The zero-order chi connectivity index (χ0) is 20.4. The number of halogens is 2. The smallest absolute Gasteiger partial charge is 0.311 e. The topological polar surface area (TPSA) is 99.9 Å². The van der Waals surface area contributed by atoms with Crippen molar-refractivity contribution in [3.63, 3.8) is 0 Å².